The fourth-order valence-corrected chi connectivity index (χ4v) is 4.25. The predicted octanol–water partition coefficient (Wildman–Crippen LogP) is 0.434. The lowest BCUT2D eigenvalue weighted by Gasteiger charge is -2.43. The Morgan fingerprint density at radius 3 is 2.68 bits per heavy atom. The molecule has 12 heteroatoms. The second-order valence-electron chi connectivity index (χ2n) is 8.23. The Kier molecular flexibility index (Phi) is 7.87. The largest absolute Gasteiger partial charge is 0.481 e. The van der Waals surface area contributed by atoms with Gasteiger partial charge in [0.25, 0.3) is 11.8 Å². The van der Waals surface area contributed by atoms with Crippen LogP contribution in [0.25, 0.3) is 0 Å². The molecular formula is C22H25ClN4O7. The van der Waals surface area contributed by atoms with Crippen molar-refractivity contribution >= 4 is 47.5 Å². The number of carboxylic acids is 1. The number of aryl methyl sites for hydroxylation is 1. The van der Waals surface area contributed by atoms with Gasteiger partial charge in [-0.05, 0) is 43.9 Å². The fourth-order valence-electron chi connectivity index (χ4n) is 4.08. The van der Waals surface area contributed by atoms with E-state index >= 15 is 0 Å². The average Bonchev–Trinajstić information content (AvgIpc) is 2.91. The van der Waals surface area contributed by atoms with Gasteiger partial charge in [-0.15, -0.1) is 0 Å². The van der Waals surface area contributed by atoms with Gasteiger partial charge in [0.15, 0.2) is 0 Å². The Morgan fingerprint density at radius 1 is 1.26 bits per heavy atom. The van der Waals surface area contributed by atoms with Gasteiger partial charge in [0.05, 0.1) is 12.5 Å². The molecule has 1 aromatic carbocycles. The van der Waals surface area contributed by atoms with Crippen LogP contribution in [0.2, 0.25) is 5.02 Å². The quantitative estimate of drug-likeness (QED) is 0.466. The lowest BCUT2D eigenvalue weighted by molar-refractivity contribution is -0.176. The number of carbonyl (C=O) groups is 6. The molecule has 2 aliphatic heterocycles. The Balaban J connectivity index is 1.83. The number of fused-ring (bicyclic) bond motifs is 1. The summed E-state index contributed by atoms with van der Waals surface area (Å²) in [4.78, 5) is 74.1. The molecule has 2 aliphatic rings. The monoisotopic (exact) mass is 492 g/mol. The average molecular weight is 493 g/mol. The highest BCUT2D eigenvalue weighted by Crippen LogP contribution is 2.25. The molecule has 4 amide bonds. The first-order valence-corrected chi connectivity index (χ1v) is 11.2. The van der Waals surface area contributed by atoms with Crippen LogP contribution >= 0.6 is 11.6 Å². The van der Waals surface area contributed by atoms with Crippen LogP contribution in [0.5, 0.6) is 0 Å². The Labute approximate surface area is 200 Å². The molecule has 0 radical (unpaired) electrons. The molecule has 0 aromatic heterocycles. The van der Waals surface area contributed by atoms with E-state index in [1.165, 1.54) is 11.1 Å². The molecule has 3 rings (SSSR count). The highest BCUT2D eigenvalue weighted by atomic mass is 35.5. The minimum absolute atomic E-state index is 0.0218. The third-order valence-electron chi connectivity index (χ3n) is 5.80. The van der Waals surface area contributed by atoms with Crippen LogP contribution in [0.4, 0.5) is 0 Å². The van der Waals surface area contributed by atoms with Gasteiger partial charge >= 0.3 is 5.97 Å². The van der Waals surface area contributed by atoms with Crippen molar-refractivity contribution in [2.24, 2.45) is 0 Å². The summed E-state index contributed by atoms with van der Waals surface area (Å²) in [5, 5.41) is 16.5. The van der Waals surface area contributed by atoms with E-state index in [9.17, 15) is 28.8 Å². The zero-order valence-electron chi connectivity index (χ0n) is 18.5. The molecule has 3 N–H and O–H groups in total. The summed E-state index contributed by atoms with van der Waals surface area (Å²) >= 11 is 6.00. The molecule has 0 bridgehead atoms. The van der Waals surface area contributed by atoms with Crippen LogP contribution in [0.15, 0.2) is 18.2 Å². The standard InChI is InChI=1S/C22H25ClN4O7/c1-12-4-5-13(23)9-15(12)20(32)25-16-6-7-18(29)26-8-2-3-17(27(26)22(16)34)21(33)24-14(11-28)10-19(30)31/h4-5,9,11,14,16-17H,2-3,6-8,10H2,1H3,(H,24,33)(H,25,32)(H,30,31)/t14-,16-,17-/m0/s1. The normalized spacial score (nSPS) is 21.2. The Morgan fingerprint density at radius 2 is 2.00 bits per heavy atom. The Hall–Kier alpha value is -3.47. The number of nitrogens with zero attached hydrogens (tertiary/aromatic N) is 2. The van der Waals surface area contributed by atoms with Crippen LogP contribution in [-0.2, 0) is 24.0 Å². The number of hydrazine groups is 1. The maximum atomic E-state index is 13.4. The zero-order chi connectivity index (χ0) is 25.0. The molecule has 34 heavy (non-hydrogen) atoms. The number of amides is 4. The van der Waals surface area contributed by atoms with Gasteiger partial charge in [-0.25, -0.2) is 5.01 Å². The third kappa shape index (κ3) is 5.53. The van der Waals surface area contributed by atoms with Crippen LogP contribution in [0, 0.1) is 6.92 Å². The van der Waals surface area contributed by atoms with Crippen molar-refractivity contribution in [3.63, 3.8) is 0 Å². The van der Waals surface area contributed by atoms with Gasteiger partial charge in [0, 0.05) is 23.6 Å². The van der Waals surface area contributed by atoms with Crippen LogP contribution < -0.4 is 10.6 Å². The molecule has 1 aromatic rings. The molecular weight excluding hydrogens is 468 g/mol. The van der Waals surface area contributed by atoms with Gasteiger partial charge in [-0.2, -0.15) is 0 Å². The van der Waals surface area contributed by atoms with Gasteiger partial charge in [-0.1, -0.05) is 17.7 Å². The molecule has 2 saturated heterocycles. The summed E-state index contributed by atoms with van der Waals surface area (Å²) in [5.41, 5.74) is 0.928. The maximum Gasteiger partial charge on any atom is 0.305 e. The van der Waals surface area contributed by atoms with E-state index < -0.39 is 48.2 Å². The SMILES string of the molecule is Cc1ccc(Cl)cc1C(=O)N[C@H]1CCC(=O)N2CCC[C@@H](C(=O)N[C@H](C=O)CC(=O)O)N2C1=O. The molecule has 2 fully saturated rings. The van der Waals surface area contributed by atoms with Crippen LogP contribution in [0.3, 0.4) is 0 Å². The zero-order valence-corrected chi connectivity index (χ0v) is 19.2. The van der Waals surface area contributed by atoms with E-state index in [2.05, 4.69) is 10.6 Å². The first-order valence-electron chi connectivity index (χ1n) is 10.8. The molecule has 0 spiro atoms. The van der Waals surface area contributed by atoms with E-state index in [0.717, 1.165) is 5.01 Å². The third-order valence-corrected chi connectivity index (χ3v) is 6.04. The minimum atomic E-state index is -1.28. The summed E-state index contributed by atoms with van der Waals surface area (Å²) in [7, 11) is 0. The van der Waals surface area contributed by atoms with Gasteiger partial charge < -0.3 is 20.5 Å². The molecule has 2 heterocycles. The highest BCUT2D eigenvalue weighted by molar-refractivity contribution is 6.31. The van der Waals surface area contributed by atoms with E-state index in [4.69, 9.17) is 16.7 Å². The van der Waals surface area contributed by atoms with Crippen molar-refractivity contribution in [2.45, 2.75) is 57.2 Å². The van der Waals surface area contributed by atoms with E-state index in [1.54, 1.807) is 19.1 Å². The molecule has 3 atom stereocenters. The van der Waals surface area contributed by atoms with E-state index in [0.29, 0.717) is 23.3 Å². The molecule has 0 unspecified atom stereocenters. The number of carbonyl (C=O) groups excluding carboxylic acids is 5. The molecule has 0 aliphatic carbocycles. The summed E-state index contributed by atoms with van der Waals surface area (Å²) in [6, 6.07) is 1.29. The van der Waals surface area contributed by atoms with Crippen LogP contribution in [-0.4, -0.2) is 75.7 Å². The predicted molar refractivity (Wildman–Crippen MR) is 119 cm³/mol. The number of hydrogen-bond acceptors (Lipinski definition) is 6. The van der Waals surface area contributed by atoms with Gasteiger partial charge in [-0.3, -0.25) is 29.0 Å². The van der Waals surface area contributed by atoms with Crippen molar-refractivity contribution in [1.29, 1.82) is 0 Å². The highest BCUT2D eigenvalue weighted by Gasteiger charge is 2.45. The molecule has 182 valence electrons. The van der Waals surface area contributed by atoms with Crippen molar-refractivity contribution in [3.8, 4) is 0 Å². The maximum absolute atomic E-state index is 13.4. The number of nitrogens with one attached hydrogen (secondary N) is 2. The van der Waals surface area contributed by atoms with Crippen molar-refractivity contribution in [2.75, 3.05) is 6.54 Å². The topological polar surface area (TPSA) is 153 Å². The number of aliphatic carboxylic acids is 1. The lowest BCUT2D eigenvalue weighted by atomic mass is 10.0. The first-order chi connectivity index (χ1) is 16.1. The van der Waals surface area contributed by atoms with Crippen molar-refractivity contribution in [3.05, 3.63) is 34.3 Å². The van der Waals surface area contributed by atoms with E-state index in [-0.39, 0.29) is 37.3 Å². The minimum Gasteiger partial charge on any atom is -0.481 e. The van der Waals surface area contributed by atoms with Gasteiger partial charge in [0.2, 0.25) is 11.8 Å². The van der Waals surface area contributed by atoms with Crippen molar-refractivity contribution in [1.82, 2.24) is 20.7 Å². The number of carboxylic acid groups (broad SMARTS) is 1. The first kappa shape index (κ1) is 25.2. The summed E-state index contributed by atoms with van der Waals surface area (Å²) in [6.07, 6.45) is 0.339. The number of benzene rings is 1. The summed E-state index contributed by atoms with van der Waals surface area (Å²) in [5.74, 6) is -3.58. The number of rotatable bonds is 7. The second-order valence-corrected chi connectivity index (χ2v) is 8.67. The number of aldehydes is 1. The molecule has 0 saturated carbocycles. The number of halogens is 1. The second kappa shape index (κ2) is 10.6. The Bertz CT molecular complexity index is 1030. The van der Waals surface area contributed by atoms with E-state index in [1.807, 2.05) is 0 Å². The van der Waals surface area contributed by atoms with Crippen LogP contribution in [0.1, 0.15) is 48.0 Å². The number of hydrogen-bond donors (Lipinski definition) is 3. The fraction of sp³-hybridized carbons (Fsp3) is 0.455. The van der Waals surface area contributed by atoms with Gasteiger partial charge in [0.1, 0.15) is 18.4 Å². The smallest absolute Gasteiger partial charge is 0.305 e. The summed E-state index contributed by atoms with van der Waals surface area (Å²) < 4.78 is 0. The summed E-state index contributed by atoms with van der Waals surface area (Å²) in [6.45, 7) is 1.94. The lowest BCUT2D eigenvalue weighted by Crippen LogP contribution is -2.64. The van der Waals surface area contributed by atoms with Crippen molar-refractivity contribution < 1.29 is 33.9 Å². The molecule has 11 nitrogen and oxygen atoms in total.